The van der Waals surface area contributed by atoms with Crippen molar-refractivity contribution in [1.82, 2.24) is 0 Å². The molecular weight excluding hydrogens is 186 g/mol. The molecule has 0 heterocycles. The van der Waals surface area contributed by atoms with E-state index in [9.17, 15) is 9.59 Å². The number of benzene rings is 1. The number of carbonyl (C=O) groups is 2. The van der Waals surface area contributed by atoms with Crippen LogP contribution in [0, 0.1) is 0 Å². The third kappa shape index (κ3) is 1.89. The van der Waals surface area contributed by atoms with Crippen LogP contribution in [0.5, 0.6) is 0 Å². The molecule has 0 bridgehead atoms. The molecule has 0 atom stereocenters. The molecule has 4 N–H and O–H groups in total. The van der Waals surface area contributed by atoms with Gasteiger partial charge in [-0.1, -0.05) is 6.07 Å². The SMILES string of the molecule is NCc1ccc(C(=O)O)c(C(=O)O)c1. The van der Waals surface area contributed by atoms with E-state index in [0.717, 1.165) is 0 Å². The fourth-order valence-corrected chi connectivity index (χ4v) is 1.08. The zero-order valence-corrected chi connectivity index (χ0v) is 7.23. The van der Waals surface area contributed by atoms with Gasteiger partial charge in [-0.15, -0.1) is 0 Å². The van der Waals surface area contributed by atoms with E-state index in [1.165, 1.54) is 18.2 Å². The molecule has 1 rings (SSSR count). The van der Waals surface area contributed by atoms with Gasteiger partial charge in [0.2, 0.25) is 0 Å². The van der Waals surface area contributed by atoms with Crippen molar-refractivity contribution in [2.45, 2.75) is 6.54 Å². The summed E-state index contributed by atoms with van der Waals surface area (Å²) in [5, 5.41) is 17.4. The Labute approximate surface area is 79.8 Å². The second-order valence-corrected chi connectivity index (χ2v) is 2.69. The summed E-state index contributed by atoms with van der Waals surface area (Å²) in [4.78, 5) is 21.3. The molecule has 0 spiro atoms. The molecule has 0 aliphatic rings. The van der Waals surface area contributed by atoms with Crippen molar-refractivity contribution in [3.63, 3.8) is 0 Å². The molecule has 0 aliphatic carbocycles. The first-order chi connectivity index (χ1) is 6.56. The third-order valence-electron chi connectivity index (χ3n) is 1.78. The van der Waals surface area contributed by atoms with E-state index in [4.69, 9.17) is 15.9 Å². The normalized spacial score (nSPS) is 9.79. The molecule has 74 valence electrons. The van der Waals surface area contributed by atoms with Crippen molar-refractivity contribution in [3.8, 4) is 0 Å². The molecule has 0 unspecified atom stereocenters. The summed E-state index contributed by atoms with van der Waals surface area (Å²) in [5.74, 6) is -2.52. The lowest BCUT2D eigenvalue weighted by Crippen LogP contribution is -2.09. The predicted octanol–water partition coefficient (Wildman–Crippen LogP) is 0.542. The predicted molar refractivity (Wildman–Crippen MR) is 48.3 cm³/mol. The number of hydrogen-bond donors (Lipinski definition) is 3. The van der Waals surface area contributed by atoms with Crippen LogP contribution in [-0.2, 0) is 6.54 Å². The van der Waals surface area contributed by atoms with Crippen LogP contribution in [0.3, 0.4) is 0 Å². The quantitative estimate of drug-likeness (QED) is 0.653. The summed E-state index contributed by atoms with van der Waals surface area (Å²) in [5.41, 5.74) is 5.43. The molecule has 5 heteroatoms. The smallest absolute Gasteiger partial charge is 0.336 e. The molecule has 0 aliphatic heterocycles. The minimum absolute atomic E-state index is 0.181. The Balaban J connectivity index is 3.31. The molecule has 0 saturated carbocycles. The first-order valence-corrected chi connectivity index (χ1v) is 3.86. The highest BCUT2D eigenvalue weighted by atomic mass is 16.4. The Hall–Kier alpha value is -1.88. The van der Waals surface area contributed by atoms with Crippen LogP contribution in [0.4, 0.5) is 0 Å². The van der Waals surface area contributed by atoms with Gasteiger partial charge >= 0.3 is 11.9 Å². The van der Waals surface area contributed by atoms with Gasteiger partial charge in [0.25, 0.3) is 0 Å². The maximum atomic E-state index is 10.7. The molecule has 0 aromatic heterocycles. The van der Waals surface area contributed by atoms with Crippen LogP contribution in [0.15, 0.2) is 18.2 Å². The molecule has 14 heavy (non-hydrogen) atoms. The van der Waals surface area contributed by atoms with Gasteiger partial charge in [-0.05, 0) is 17.7 Å². The van der Waals surface area contributed by atoms with Crippen molar-refractivity contribution in [3.05, 3.63) is 34.9 Å². The van der Waals surface area contributed by atoms with Crippen molar-refractivity contribution in [2.75, 3.05) is 0 Å². The molecule has 5 nitrogen and oxygen atoms in total. The number of rotatable bonds is 3. The summed E-state index contributed by atoms with van der Waals surface area (Å²) in [6.07, 6.45) is 0. The number of hydrogen-bond acceptors (Lipinski definition) is 3. The molecular formula is C9H9NO4. The lowest BCUT2D eigenvalue weighted by molar-refractivity contribution is 0.0651. The van der Waals surface area contributed by atoms with Crippen LogP contribution in [0.2, 0.25) is 0 Å². The number of aromatic carboxylic acids is 2. The minimum Gasteiger partial charge on any atom is -0.478 e. The summed E-state index contributed by atoms with van der Waals surface area (Å²) in [6.45, 7) is 0.181. The van der Waals surface area contributed by atoms with E-state index in [1.54, 1.807) is 0 Å². The average Bonchev–Trinajstić information content (AvgIpc) is 2.16. The van der Waals surface area contributed by atoms with E-state index < -0.39 is 11.9 Å². The second-order valence-electron chi connectivity index (χ2n) is 2.69. The molecule has 1 aromatic rings. The second kappa shape index (κ2) is 3.89. The molecule has 1 aromatic carbocycles. The van der Waals surface area contributed by atoms with Gasteiger partial charge in [-0.3, -0.25) is 0 Å². The van der Waals surface area contributed by atoms with Crippen LogP contribution >= 0.6 is 0 Å². The lowest BCUT2D eigenvalue weighted by Gasteiger charge is -2.03. The molecule has 0 fully saturated rings. The molecule has 0 radical (unpaired) electrons. The lowest BCUT2D eigenvalue weighted by atomic mass is 10.0. The van der Waals surface area contributed by atoms with E-state index in [1.807, 2.05) is 0 Å². The van der Waals surface area contributed by atoms with Gasteiger partial charge < -0.3 is 15.9 Å². The fraction of sp³-hybridized carbons (Fsp3) is 0.111. The summed E-state index contributed by atoms with van der Waals surface area (Å²) >= 11 is 0. The van der Waals surface area contributed by atoms with Gasteiger partial charge in [0.05, 0.1) is 11.1 Å². The van der Waals surface area contributed by atoms with Crippen molar-refractivity contribution >= 4 is 11.9 Å². The number of carboxylic acid groups (broad SMARTS) is 2. The fourth-order valence-electron chi connectivity index (χ4n) is 1.08. The first kappa shape index (κ1) is 10.2. The zero-order chi connectivity index (χ0) is 10.7. The summed E-state index contributed by atoms with van der Waals surface area (Å²) in [6, 6.07) is 4.01. The largest absolute Gasteiger partial charge is 0.478 e. The van der Waals surface area contributed by atoms with Crippen LogP contribution in [0.25, 0.3) is 0 Å². The van der Waals surface area contributed by atoms with Crippen molar-refractivity contribution in [1.29, 1.82) is 0 Å². The molecule has 0 amide bonds. The zero-order valence-electron chi connectivity index (χ0n) is 7.23. The Bertz CT molecular complexity index is 386. The topological polar surface area (TPSA) is 101 Å². The highest BCUT2D eigenvalue weighted by molar-refractivity contribution is 6.01. The van der Waals surface area contributed by atoms with Gasteiger partial charge in [0, 0.05) is 6.54 Å². The summed E-state index contributed by atoms with van der Waals surface area (Å²) in [7, 11) is 0. The van der Waals surface area contributed by atoms with Gasteiger partial charge in [-0.2, -0.15) is 0 Å². The van der Waals surface area contributed by atoms with Crippen LogP contribution in [0.1, 0.15) is 26.3 Å². The van der Waals surface area contributed by atoms with Gasteiger partial charge in [-0.25, -0.2) is 9.59 Å². The van der Waals surface area contributed by atoms with Crippen molar-refractivity contribution < 1.29 is 19.8 Å². The van der Waals surface area contributed by atoms with E-state index >= 15 is 0 Å². The first-order valence-electron chi connectivity index (χ1n) is 3.86. The Morgan fingerprint density at radius 3 is 2.14 bits per heavy atom. The number of carboxylic acids is 2. The van der Waals surface area contributed by atoms with Gasteiger partial charge in [0.1, 0.15) is 0 Å². The Kier molecular flexibility index (Phi) is 2.83. The summed E-state index contributed by atoms with van der Waals surface area (Å²) < 4.78 is 0. The Morgan fingerprint density at radius 2 is 1.71 bits per heavy atom. The van der Waals surface area contributed by atoms with E-state index in [2.05, 4.69) is 0 Å². The highest BCUT2D eigenvalue weighted by Crippen LogP contribution is 2.12. The monoisotopic (exact) mass is 195 g/mol. The third-order valence-corrected chi connectivity index (χ3v) is 1.78. The number of nitrogens with two attached hydrogens (primary N) is 1. The maximum absolute atomic E-state index is 10.7. The van der Waals surface area contributed by atoms with Crippen molar-refractivity contribution in [2.24, 2.45) is 5.73 Å². The van der Waals surface area contributed by atoms with Crippen LogP contribution in [-0.4, -0.2) is 22.2 Å². The minimum atomic E-state index is -1.27. The van der Waals surface area contributed by atoms with E-state index in [-0.39, 0.29) is 17.7 Å². The van der Waals surface area contributed by atoms with E-state index in [0.29, 0.717) is 5.56 Å². The molecule has 0 saturated heterocycles. The highest BCUT2D eigenvalue weighted by Gasteiger charge is 2.15. The maximum Gasteiger partial charge on any atom is 0.336 e. The standard InChI is InChI=1S/C9H9NO4/c10-4-5-1-2-6(8(11)12)7(3-5)9(13)14/h1-3H,4,10H2,(H,11,12)(H,13,14). The average molecular weight is 195 g/mol. The van der Waals surface area contributed by atoms with Gasteiger partial charge in [0.15, 0.2) is 0 Å². The Morgan fingerprint density at radius 1 is 1.14 bits per heavy atom. The van der Waals surface area contributed by atoms with Crippen LogP contribution < -0.4 is 5.73 Å².